The first-order valence-electron chi connectivity index (χ1n) is 7.81. The summed E-state index contributed by atoms with van der Waals surface area (Å²) in [6.45, 7) is 9.07. The van der Waals surface area contributed by atoms with Crippen molar-refractivity contribution in [3.05, 3.63) is 29.8 Å². The van der Waals surface area contributed by atoms with Gasteiger partial charge in [-0.1, -0.05) is 25.5 Å². The molecule has 1 aromatic carbocycles. The van der Waals surface area contributed by atoms with E-state index in [0.717, 1.165) is 44.8 Å². The van der Waals surface area contributed by atoms with Crippen LogP contribution in [0.15, 0.2) is 24.3 Å². The first kappa shape index (κ1) is 15.8. The molecule has 21 heavy (non-hydrogen) atoms. The largest absolute Gasteiger partial charge is 0.478 e. The van der Waals surface area contributed by atoms with Gasteiger partial charge in [-0.15, -0.1) is 0 Å². The number of amides is 1. The van der Waals surface area contributed by atoms with Crippen molar-refractivity contribution in [2.45, 2.75) is 39.2 Å². The number of rotatable bonds is 5. The molecule has 1 aliphatic heterocycles. The lowest BCUT2D eigenvalue weighted by molar-refractivity contribution is -0.146. The van der Waals surface area contributed by atoms with E-state index in [1.165, 1.54) is 5.56 Å². The molecule has 1 N–H and O–H groups in total. The topological polar surface area (TPSA) is 41.6 Å². The van der Waals surface area contributed by atoms with Crippen LogP contribution < -0.4 is 10.1 Å². The minimum absolute atomic E-state index is 0.0571. The van der Waals surface area contributed by atoms with Gasteiger partial charge in [0, 0.05) is 26.2 Å². The molecule has 1 aromatic rings. The van der Waals surface area contributed by atoms with E-state index < -0.39 is 5.60 Å². The Morgan fingerprint density at radius 2 is 1.86 bits per heavy atom. The second kappa shape index (κ2) is 6.94. The van der Waals surface area contributed by atoms with Crippen LogP contribution in [-0.4, -0.2) is 42.6 Å². The average Bonchev–Trinajstić information content (AvgIpc) is 2.49. The van der Waals surface area contributed by atoms with Gasteiger partial charge in [0.25, 0.3) is 5.91 Å². The lowest BCUT2D eigenvalue weighted by atomic mass is 10.1. The highest BCUT2D eigenvalue weighted by Crippen LogP contribution is 2.21. The van der Waals surface area contributed by atoms with E-state index in [4.69, 9.17) is 4.74 Å². The summed E-state index contributed by atoms with van der Waals surface area (Å²) in [6.07, 6.45) is 2.20. The molecule has 1 heterocycles. The van der Waals surface area contributed by atoms with E-state index in [2.05, 4.69) is 24.4 Å². The molecule has 0 radical (unpaired) electrons. The zero-order chi connectivity index (χ0) is 15.3. The predicted molar refractivity (Wildman–Crippen MR) is 84.6 cm³/mol. The van der Waals surface area contributed by atoms with Gasteiger partial charge in [0.2, 0.25) is 0 Å². The molecule has 1 fully saturated rings. The fourth-order valence-corrected chi connectivity index (χ4v) is 2.60. The zero-order valence-corrected chi connectivity index (χ0v) is 13.3. The number of carbonyl (C=O) groups is 1. The third-order valence-electron chi connectivity index (χ3n) is 3.75. The maximum Gasteiger partial charge on any atom is 0.266 e. The summed E-state index contributed by atoms with van der Waals surface area (Å²) in [5, 5.41) is 3.25. The van der Waals surface area contributed by atoms with E-state index in [-0.39, 0.29) is 5.91 Å². The van der Waals surface area contributed by atoms with E-state index in [1.807, 2.05) is 30.9 Å². The van der Waals surface area contributed by atoms with Crippen LogP contribution in [0.1, 0.15) is 32.8 Å². The molecule has 0 unspecified atom stereocenters. The van der Waals surface area contributed by atoms with Crippen LogP contribution in [0, 0.1) is 0 Å². The maximum atomic E-state index is 12.6. The monoisotopic (exact) mass is 290 g/mol. The summed E-state index contributed by atoms with van der Waals surface area (Å²) in [4.78, 5) is 14.4. The number of aryl methyl sites for hydroxylation is 1. The van der Waals surface area contributed by atoms with Crippen LogP contribution in [0.5, 0.6) is 5.75 Å². The van der Waals surface area contributed by atoms with Crippen molar-refractivity contribution in [3.8, 4) is 5.75 Å². The molecule has 1 saturated heterocycles. The van der Waals surface area contributed by atoms with Crippen molar-refractivity contribution in [2.75, 3.05) is 26.2 Å². The third-order valence-corrected chi connectivity index (χ3v) is 3.75. The molecule has 4 nitrogen and oxygen atoms in total. The second-order valence-electron chi connectivity index (χ2n) is 6.05. The van der Waals surface area contributed by atoms with Gasteiger partial charge in [-0.05, 0) is 38.0 Å². The van der Waals surface area contributed by atoms with Crippen LogP contribution in [-0.2, 0) is 11.2 Å². The molecule has 0 saturated carbocycles. The standard InChI is InChI=1S/C17H26N2O2/c1-4-5-14-6-8-15(9-7-14)21-17(2,3)16(20)19-12-10-18-11-13-19/h6-9,18H,4-5,10-13H2,1-3H3. The first-order valence-corrected chi connectivity index (χ1v) is 7.81. The Labute approximate surface area is 127 Å². The molecule has 0 spiro atoms. The lowest BCUT2D eigenvalue weighted by Crippen LogP contribution is -2.54. The van der Waals surface area contributed by atoms with Crippen molar-refractivity contribution in [3.63, 3.8) is 0 Å². The SMILES string of the molecule is CCCc1ccc(OC(C)(C)C(=O)N2CCNCC2)cc1. The molecular weight excluding hydrogens is 264 g/mol. The van der Waals surface area contributed by atoms with Gasteiger partial charge in [-0.3, -0.25) is 4.79 Å². The summed E-state index contributed by atoms with van der Waals surface area (Å²) in [5.74, 6) is 0.810. The van der Waals surface area contributed by atoms with Crippen LogP contribution >= 0.6 is 0 Å². The Balaban J connectivity index is 2.00. The smallest absolute Gasteiger partial charge is 0.266 e. The molecule has 0 bridgehead atoms. The first-order chi connectivity index (χ1) is 10.0. The quantitative estimate of drug-likeness (QED) is 0.904. The van der Waals surface area contributed by atoms with Crippen LogP contribution in [0.25, 0.3) is 0 Å². The normalized spacial score (nSPS) is 15.9. The Hall–Kier alpha value is -1.55. The fraction of sp³-hybridized carbons (Fsp3) is 0.588. The van der Waals surface area contributed by atoms with Gasteiger partial charge in [0.1, 0.15) is 5.75 Å². The van der Waals surface area contributed by atoms with Crippen molar-refractivity contribution < 1.29 is 9.53 Å². The van der Waals surface area contributed by atoms with Crippen molar-refractivity contribution in [1.82, 2.24) is 10.2 Å². The Morgan fingerprint density at radius 3 is 2.43 bits per heavy atom. The van der Waals surface area contributed by atoms with Gasteiger partial charge in [0.15, 0.2) is 5.60 Å². The zero-order valence-electron chi connectivity index (χ0n) is 13.3. The number of nitrogens with zero attached hydrogens (tertiary/aromatic N) is 1. The number of hydrogen-bond donors (Lipinski definition) is 1. The molecule has 0 aliphatic carbocycles. The third kappa shape index (κ3) is 4.21. The van der Waals surface area contributed by atoms with Crippen LogP contribution in [0.3, 0.4) is 0 Å². The fourth-order valence-electron chi connectivity index (χ4n) is 2.60. The predicted octanol–water partition coefficient (Wildman–Crippen LogP) is 2.23. The molecular formula is C17H26N2O2. The number of benzene rings is 1. The molecule has 116 valence electrons. The van der Waals surface area contributed by atoms with E-state index in [1.54, 1.807) is 0 Å². The van der Waals surface area contributed by atoms with Gasteiger partial charge in [0.05, 0.1) is 0 Å². The van der Waals surface area contributed by atoms with Crippen molar-refractivity contribution in [2.24, 2.45) is 0 Å². The number of hydrogen-bond acceptors (Lipinski definition) is 3. The molecule has 2 rings (SSSR count). The summed E-state index contributed by atoms with van der Waals surface area (Å²) < 4.78 is 5.94. The van der Waals surface area contributed by atoms with Gasteiger partial charge in [-0.2, -0.15) is 0 Å². The minimum Gasteiger partial charge on any atom is -0.478 e. The summed E-state index contributed by atoms with van der Waals surface area (Å²) in [6, 6.07) is 8.06. The number of ether oxygens (including phenoxy) is 1. The Bertz CT molecular complexity index is 462. The summed E-state index contributed by atoms with van der Waals surface area (Å²) >= 11 is 0. The number of piperazine rings is 1. The van der Waals surface area contributed by atoms with E-state index >= 15 is 0 Å². The number of nitrogens with one attached hydrogen (secondary N) is 1. The van der Waals surface area contributed by atoms with Crippen molar-refractivity contribution >= 4 is 5.91 Å². The lowest BCUT2D eigenvalue weighted by Gasteiger charge is -2.34. The van der Waals surface area contributed by atoms with Crippen LogP contribution in [0.2, 0.25) is 0 Å². The number of carbonyl (C=O) groups excluding carboxylic acids is 1. The van der Waals surface area contributed by atoms with E-state index in [9.17, 15) is 4.79 Å². The molecule has 0 aromatic heterocycles. The highest BCUT2D eigenvalue weighted by Gasteiger charge is 2.34. The maximum absolute atomic E-state index is 12.6. The summed E-state index contributed by atoms with van der Waals surface area (Å²) in [5.41, 5.74) is 0.472. The van der Waals surface area contributed by atoms with Gasteiger partial charge >= 0.3 is 0 Å². The molecule has 4 heteroatoms. The molecule has 1 amide bonds. The van der Waals surface area contributed by atoms with E-state index in [0.29, 0.717) is 0 Å². The molecule has 1 aliphatic rings. The van der Waals surface area contributed by atoms with Gasteiger partial charge < -0.3 is 15.0 Å². The average molecular weight is 290 g/mol. The van der Waals surface area contributed by atoms with Gasteiger partial charge in [-0.25, -0.2) is 0 Å². The summed E-state index contributed by atoms with van der Waals surface area (Å²) in [7, 11) is 0. The highest BCUT2D eigenvalue weighted by atomic mass is 16.5. The Morgan fingerprint density at radius 1 is 1.24 bits per heavy atom. The Kier molecular flexibility index (Phi) is 5.23. The minimum atomic E-state index is -0.830. The molecule has 0 atom stereocenters. The van der Waals surface area contributed by atoms with Crippen LogP contribution in [0.4, 0.5) is 0 Å². The highest BCUT2D eigenvalue weighted by molar-refractivity contribution is 5.85. The second-order valence-corrected chi connectivity index (χ2v) is 6.05. The van der Waals surface area contributed by atoms with Crippen molar-refractivity contribution in [1.29, 1.82) is 0 Å².